The van der Waals surface area contributed by atoms with Gasteiger partial charge in [-0.3, -0.25) is 0 Å². The van der Waals surface area contributed by atoms with Crippen LogP contribution in [-0.4, -0.2) is 22.6 Å². The molecule has 0 aromatic carbocycles. The van der Waals surface area contributed by atoms with E-state index in [1.807, 2.05) is 48.5 Å². The van der Waals surface area contributed by atoms with Crippen LogP contribution in [0.25, 0.3) is 0 Å². The van der Waals surface area contributed by atoms with Crippen molar-refractivity contribution < 1.29 is 26.9 Å². The van der Waals surface area contributed by atoms with Gasteiger partial charge in [0.15, 0.2) is 12.9 Å². The Bertz CT molecular complexity index is 395. The number of aromatic nitrogens is 2. The van der Waals surface area contributed by atoms with Crippen molar-refractivity contribution in [1.82, 2.24) is 4.57 Å². The molecule has 0 saturated carbocycles. The normalized spacial score (nSPS) is 10.3. The Hall–Kier alpha value is -1.33. The summed E-state index contributed by atoms with van der Waals surface area (Å²) in [6.45, 7) is 5.08. The number of nitrogens with zero attached hydrogens (tertiary/aromatic N) is 3. The van der Waals surface area contributed by atoms with Crippen LogP contribution in [0, 0.1) is 0 Å². The first-order chi connectivity index (χ1) is 7.65. The predicted octanol–water partition coefficient (Wildman–Crippen LogP) is -1.93. The van der Waals surface area contributed by atoms with Crippen LogP contribution in [0.15, 0.2) is 29.2 Å². The molecule has 1 N–H and O–H groups in total. The highest BCUT2D eigenvalue weighted by Crippen LogP contribution is 1.95. The van der Waals surface area contributed by atoms with Crippen molar-refractivity contribution in [2.45, 2.75) is 20.6 Å². The van der Waals surface area contributed by atoms with Gasteiger partial charge in [-0.25, -0.2) is 9.13 Å². The molecule has 0 amide bonds. The summed E-state index contributed by atoms with van der Waals surface area (Å²) in [6, 6.07) is 0. The number of hydrogen-bond donors (Lipinski definition) is 1. The van der Waals surface area contributed by atoms with Crippen LogP contribution in [0.4, 0.5) is 0 Å². The van der Waals surface area contributed by atoms with Gasteiger partial charge in [0.05, 0.1) is 13.7 Å². The minimum absolute atomic E-state index is 0. The average molecular weight is 260 g/mol. The molecule has 0 aliphatic rings. The number of imidazole rings is 1. The van der Waals surface area contributed by atoms with Crippen molar-refractivity contribution in [2.24, 2.45) is 12.2 Å². The minimum atomic E-state index is 0. The molecule has 1 heterocycles. The molecule has 0 atom stereocenters. The van der Waals surface area contributed by atoms with E-state index in [-0.39, 0.29) is 12.4 Å². The third-order valence-corrected chi connectivity index (χ3v) is 2.14. The second-order valence-electron chi connectivity index (χ2n) is 3.76. The Kier molecular flexibility index (Phi) is 7.25. The maximum Gasteiger partial charge on any atom is 0.305 e. The van der Waals surface area contributed by atoms with Crippen LogP contribution in [0.1, 0.15) is 19.7 Å². The third-order valence-electron chi connectivity index (χ3n) is 2.14. The van der Waals surface area contributed by atoms with E-state index in [0.717, 1.165) is 5.82 Å². The number of rotatable bonds is 5. The van der Waals surface area contributed by atoms with E-state index in [9.17, 15) is 0 Å². The number of aryl methyl sites for hydroxylation is 1. The third kappa shape index (κ3) is 5.01. The van der Waals surface area contributed by atoms with Gasteiger partial charge in [-0.2, -0.15) is 0 Å². The Labute approximate surface area is 107 Å². The highest BCUT2D eigenvalue weighted by molar-refractivity contribution is 5.72. The topological polar surface area (TPSA) is 50.6 Å². The maximum absolute atomic E-state index is 8.52. The first-order valence-corrected chi connectivity index (χ1v) is 5.08. The molecule has 1 rings (SSSR count). The van der Waals surface area contributed by atoms with E-state index in [1.54, 1.807) is 0 Å². The SMILES string of the molecule is CC(C)=CCOCn1cc[n+](C)c1/C=N\O.[Cl-]. The summed E-state index contributed by atoms with van der Waals surface area (Å²) in [6.07, 6.45) is 7.15. The zero-order valence-corrected chi connectivity index (χ0v) is 11.1. The summed E-state index contributed by atoms with van der Waals surface area (Å²) in [5.41, 5.74) is 1.23. The summed E-state index contributed by atoms with van der Waals surface area (Å²) in [4.78, 5) is 0. The number of hydrogen-bond acceptors (Lipinski definition) is 3. The molecule has 1 aromatic rings. The summed E-state index contributed by atoms with van der Waals surface area (Å²) in [5, 5.41) is 11.5. The van der Waals surface area contributed by atoms with Gasteiger partial charge in [-0.15, -0.1) is 0 Å². The predicted molar refractivity (Wildman–Crippen MR) is 60.4 cm³/mol. The molecule has 0 saturated heterocycles. The van der Waals surface area contributed by atoms with Crippen molar-refractivity contribution in [3.05, 3.63) is 29.9 Å². The molecule has 17 heavy (non-hydrogen) atoms. The number of ether oxygens (including phenoxy) is 1. The lowest BCUT2D eigenvalue weighted by Gasteiger charge is -1.99. The van der Waals surface area contributed by atoms with Gasteiger partial charge >= 0.3 is 5.82 Å². The van der Waals surface area contributed by atoms with Crippen LogP contribution in [0.5, 0.6) is 0 Å². The molecule has 0 spiro atoms. The van der Waals surface area contributed by atoms with Crippen molar-refractivity contribution in [3.8, 4) is 0 Å². The molecule has 1 aromatic heterocycles. The van der Waals surface area contributed by atoms with Gasteiger partial charge in [0.25, 0.3) is 0 Å². The Morgan fingerprint density at radius 2 is 2.29 bits per heavy atom. The fourth-order valence-electron chi connectivity index (χ4n) is 1.24. The summed E-state index contributed by atoms with van der Waals surface area (Å²) >= 11 is 0. The number of halogens is 1. The first-order valence-electron chi connectivity index (χ1n) is 5.08. The summed E-state index contributed by atoms with van der Waals surface area (Å²) in [5.74, 6) is 0.778. The van der Waals surface area contributed by atoms with Crippen molar-refractivity contribution >= 4 is 6.21 Å². The molecule has 0 aliphatic heterocycles. The summed E-state index contributed by atoms with van der Waals surface area (Å²) in [7, 11) is 1.88. The van der Waals surface area contributed by atoms with Crippen LogP contribution in [-0.2, 0) is 18.5 Å². The van der Waals surface area contributed by atoms with E-state index < -0.39 is 0 Å². The zero-order valence-electron chi connectivity index (χ0n) is 10.3. The molecular formula is C11H18ClN3O2. The molecule has 96 valence electrons. The maximum atomic E-state index is 8.52. The first kappa shape index (κ1) is 15.7. The lowest BCUT2D eigenvalue weighted by molar-refractivity contribution is -0.672. The van der Waals surface area contributed by atoms with Crippen LogP contribution in [0.2, 0.25) is 0 Å². The van der Waals surface area contributed by atoms with E-state index in [2.05, 4.69) is 5.16 Å². The van der Waals surface area contributed by atoms with Gasteiger partial charge < -0.3 is 22.4 Å². The fraction of sp³-hybridized carbons (Fsp3) is 0.455. The molecule has 0 aliphatic carbocycles. The zero-order chi connectivity index (χ0) is 12.0. The Morgan fingerprint density at radius 3 is 2.88 bits per heavy atom. The minimum Gasteiger partial charge on any atom is -1.00 e. The van der Waals surface area contributed by atoms with Gasteiger partial charge in [0.1, 0.15) is 12.4 Å². The number of allylic oxidation sites excluding steroid dienone is 1. The molecule has 0 bridgehead atoms. The standard InChI is InChI=1S/C11H17N3O2.ClH/c1-10(2)4-7-16-9-14-6-5-13(3)11(14)8-12-15;/h4-6,8H,7,9H2,1-3H3;1H. The lowest BCUT2D eigenvalue weighted by atomic mass is 10.3. The quantitative estimate of drug-likeness (QED) is 0.167. The van der Waals surface area contributed by atoms with E-state index in [4.69, 9.17) is 9.94 Å². The number of oxime groups is 1. The van der Waals surface area contributed by atoms with E-state index >= 15 is 0 Å². The van der Waals surface area contributed by atoms with Gasteiger partial charge in [-0.05, 0) is 13.8 Å². The van der Waals surface area contributed by atoms with Crippen molar-refractivity contribution in [2.75, 3.05) is 6.61 Å². The average Bonchev–Trinajstić information content (AvgIpc) is 2.56. The van der Waals surface area contributed by atoms with Crippen molar-refractivity contribution in [3.63, 3.8) is 0 Å². The van der Waals surface area contributed by atoms with Crippen LogP contribution >= 0.6 is 0 Å². The smallest absolute Gasteiger partial charge is 0.305 e. The molecular weight excluding hydrogens is 242 g/mol. The van der Waals surface area contributed by atoms with Crippen molar-refractivity contribution in [1.29, 1.82) is 0 Å². The molecule has 6 heteroatoms. The van der Waals surface area contributed by atoms with E-state index in [1.165, 1.54) is 11.8 Å². The van der Waals surface area contributed by atoms with Gasteiger partial charge in [0.2, 0.25) is 0 Å². The molecule has 0 fully saturated rings. The summed E-state index contributed by atoms with van der Waals surface area (Å²) < 4.78 is 9.17. The van der Waals surface area contributed by atoms with Gasteiger partial charge in [-0.1, -0.05) is 16.8 Å². The lowest BCUT2D eigenvalue weighted by Crippen LogP contribution is -3.00. The van der Waals surface area contributed by atoms with Gasteiger partial charge in [0, 0.05) is 0 Å². The fourth-order valence-corrected chi connectivity index (χ4v) is 1.24. The molecule has 5 nitrogen and oxygen atoms in total. The Balaban J connectivity index is 0.00000256. The van der Waals surface area contributed by atoms with Crippen LogP contribution < -0.4 is 17.0 Å². The second-order valence-corrected chi connectivity index (χ2v) is 3.76. The monoisotopic (exact) mass is 259 g/mol. The second kappa shape index (κ2) is 7.86. The molecule has 0 radical (unpaired) electrons. The largest absolute Gasteiger partial charge is 1.00 e. The Morgan fingerprint density at radius 1 is 1.59 bits per heavy atom. The van der Waals surface area contributed by atoms with Crippen LogP contribution in [0.3, 0.4) is 0 Å². The highest BCUT2D eigenvalue weighted by atomic mass is 35.5. The van der Waals surface area contributed by atoms with E-state index in [0.29, 0.717) is 13.3 Å². The highest BCUT2D eigenvalue weighted by Gasteiger charge is 2.11. The molecule has 0 unspecified atom stereocenters.